The van der Waals surface area contributed by atoms with Gasteiger partial charge in [-0.15, -0.1) is 11.8 Å². The summed E-state index contributed by atoms with van der Waals surface area (Å²) in [7, 11) is 3.99. The van der Waals surface area contributed by atoms with Gasteiger partial charge in [-0.2, -0.15) is 0 Å². The zero-order valence-electron chi connectivity index (χ0n) is 23.3. The highest BCUT2D eigenvalue weighted by Crippen LogP contribution is 2.50. The first-order valence-corrected chi connectivity index (χ1v) is 14.0. The quantitative estimate of drug-likeness (QED) is 0.201. The summed E-state index contributed by atoms with van der Waals surface area (Å²) < 4.78 is 27.8. The fraction of sp³-hybridized carbons (Fsp3) is 0.276. The SMILES string of the molecule is COc1cc(C=O)ccc1Oc1cc(C(=O)O[C@H]2C=COC=C3[C@@H](O)[C@@]4(SC)C(=O)N(C)C(=O)C(=O)N4[C@@H]32)ccc1OC. The van der Waals surface area contributed by atoms with Crippen LogP contribution in [0.5, 0.6) is 23.0 Å². The van der Waals surface area contributed by atoms with E-state index in [0.717, 1.165) is 23.7 Å². The van der Waals surface area contributed by atoms with Gasteiger partial charge < -0.3 is 28.8 Å². The zero-order chi connectivity index (χ0) is 31.1. The first-order valence-electron chi connectivity index (χ1n) is 12.7. The number of thioether (sulfide) groups is 1. The molecule has 1 N–H and O–H groups in total. The van der Waals surface area contributed by atoms with E-state index >= 15 is 0 Å². The monoisotopic (exact) mass is 610 g/mol. The van der Waals surface area contributed by atoms with Crippen molar-refractivity contribution in [1.82, 2.24) is 9.80 Å². The van der Waals surface area contributed by atoms with Crippen LogP contribution in [0.2, 0.25) is 0 Å². The second-order valence-electron chi connectivity index (χ2n) is 9.54. The summed E-state index contributed by atoms with van der Waals surface area (Å²) in [4.78, 5) is 63.7. The smallest absolute Gasteiger partial charge is 0.338 e. The highest BCUT2D eigenvalue weighted by molar-refractivity contribution is 8.00. The molecule has 5 rings (SSSR count). The van der Waals surface area contributed by atoms with Gasteiger partial charge in [-0.1, -0.05) is 0 Å². The Morgan fingerprint density at radius 1 is 1.02 bits per heavy atom. The van der Waals surface area contributed by atoms with Crippen molar-refractivity contribution in [3.05, 3.63) is 71.7 Å². The molecule has 43 heavy (non-hydrogen) atoms. The number of methoxy groups -OCH3 is 2. The molecule has 224 valence electrons. The molecule has 0 aromatic heterocycles. The number of amides is 3. The summed E-state index contributed by atoms with van der Waals surface area (Å²) in [5.74, 6) is -2.89. The average molecular weight is 611 g/mol. The summed E-state index contributed by atoms with van der Waals surface area (Å²) in [5.41, 5.74) is 0.466. The van der Waals surface area contributed by atoms with Crippen LogP contribution < -0.4 is 14.2 Å². The average Bonchev–Trinajstić information content (AvgIpc) is 3.12. The number of nitrogens with zero attached hydrogens (tertiary/aromatic N) is 2. The van der Waals surface area contributed by atoms with E-state index in [2.05, 4.69) is 0 Å². The van der Waals surface area contributed by atoms with Crippen LogP contribution >= 0.6 is 11.8 Å². The van der Waals surface area contributed by atoms with Gasteiger partial charge in [-0.25, -0.2) is 4.79 Å². The summed E-state index contributed by atoms with van der Waals surface area (Å²) in [6.45, 7) is 0. The molecule has 3 aliphatic heterocycles. The highest BCUT2D eigenvalue weighted by Gasteiger charge is 2.69. The number of piperazine rings is 1. The Morgan fingerprint density at radius 2 is 1.74 bits per heavy atom. The molecular formula is C29H26N2O11S. The number of esters is 1. The number of likely N-dealkylation sites (N-methyl/N-ethyl adjacent to an activating group) is 1. The lowest BCUT2D eigenvalue weighted by Gasteiger charge is -2.44. The van der Waals surface area contributed by atoms with Crippen LogP contribution in [0, 0.1) is 0 Å². The van der Waals surface area contributed by atoms with E-state index in [4.69, 9.17) is 23.7 Å². The van der Waals surface area contributed by atoms with Gasteiger partial charge in [-0.3, -0.25) is 29.0 Å². The van der Waals surface area contributed by atoms with Gasteiger partial charge >= 0.3 is 17.8 Å². The molecule has 3 amide bonds. The predicted octanol–water partition coefficient (Wildman–Crippen LogP) is 1.89. The van der Waals surface area contributed by atoms with Crippen LogP contribution in [0.1, 0.15) is 20.7 Å². The van der Waals surface area contributed by atoms with Crippen LogP contribution in [-0.4, -0.2) is 95.5 Å². The maximum atomic E-state index is 13.5. The van der Waals surface area contributed by atoms with Crippen LogP contribution in [0.3, 0.4) is 0 Å². The maximum absolute atomic E-state index is 13.5. The van der Waals surface area contributed by atoms with Crippen molar-refractivity contribution in [3.8, 4) is 23.0 Å². The topological polar surface area (TPSA) is 158 Å². The number of fused-ring (bicyclic) bond motifs is 3. The molecule has 2 aromatic carbocycles. The first-order chi connectivity index (χ1) is 20.6. The maximum Gasteiger partial charge on any atom is 0.338 e. The molecule has 0 bridgehead atoms. The Balaban J connectivity index is 1.48. The van der Waals surface area contributed by atoms with E-state index in [9.17, 15) is 29.1 Å². The number of aldehydes is 1. The van der Waals surface area contributed by atoms with Gasteiger partial charge in [0.05, 0.1) is 32.3 Å². The Bertz CT molecular complexity index is 1590. The van der Waals surface area contributed by atoms with Crippen molar-refractivity contribution in [2.75, 3.05) is 27.5 Å². The van der Waals surface area contributed by atoms with E-state index in [1.165, 1.54) is 75.5 Å². The molecule has 3 aliphatic rings. The van der Waals surface area contributed by atoms with Crippen LogP contribution in [0.15, 0.2) is 60.6 Å². The summed E-state index contributed by atoms with van der Waals surface area (Å²) >= 11 is 0.883. The number of rotatable bonds is 8. The Labute approximate surface area is 249 Å². The molecular weight excluding hydrogens is 584 g/mol. The lowest BCUT2D eigenvalue weighted by molar-refractivity contribution is -0.170. The minimum absolute atomic E-state index is 0.0231. The molecule has 14 heteroatoms. The summed E-state index contributed by atoms with van der Waals surface area (Å²) in [6.07, 6.45) is 3.07. The van der Waals surface area contributed by atoms with Crippen molar-refractivity contribution in [3.63, 3.8) is 0 Å². The van der Waals surface area contributed by atoms with Gasteiger partial charge in [0.1, 0.15) is 24.5 Å². The van der Waals surface area contributed by atoms with Crippen LogP contribution in [0.25, 0.3) is 0 Å². The van der Waals surface area contributed by atoms with E-state index < -0.39 is 46.8 Å². The number of imide groups is 1. The lowest BCUT2D eigenvalue weighted by atomic mass is 10.0. The van der Waals surface area contributed by atoms with Gasteiger partial charge in [0.15, 0.2) is 27.9 Å². The van der Waals surface area contributed by atoms with E-state index in [0.29, 0.717) is 16.7 Å². The number of benzene rings is 2. The minimum Gasteiger partial charge on any atom is -0.493 e. The third-order valence-corrected chi connectivity index (χ3v) is 8.56. The predicted molar refractivity (Wildman–Crippen MR) is 150 cm³/mol. The van der Waals surface area contributed by atoms with Gasteiger partial charge in [0, 0.05) is 18.2 Å². The normalized spacial score (nSPS) is 24.3. The molecule has 0 aliphatic carbocycles. The first kappa shape index (κ1) is 29.7. The van der Waals surface area contributed by atoms with Crippen molar-refractivity contribution in [2.45, 2.75) is 23.1 Å². The van der Waals surface area contributed by atoms with Crippen molar-refractivity contribution < 1.29 is 52.8 Å². The molecule has 3 heterocycles. The number of carbonyl (C=O) groups excluding carboxylic acids is 5. The Kier molecular flexibility index (Phi) is 7.90. The summed E-state index contributed by atoms with van der Waals surface area (Å²) in [6, 6.07) is 7.59. The van der Waals surface area contributed by atoms with Crippen LogP contribution in [0.4, 0.5) is 0 Å². The summed E-state index contributed by atoms with van der Waals surface area (Å²) in [5, 5.41) is 11.3. The largest absolute Gasteiger partial charge is 0.493 e. The van der Waals surface area contributed by atoms with E-state index in [1.807, 2.05) is 0 Å². The molecule has 0 unspecified atom stereocenters. The molecule has 2 saturated heterocycles. The van der Waals surface area contributed by atoms with Crippen LogP contribution in [-0.2, 0) is 23.9 Å². The molecule has 0 radical (unpaired) electrons. The van der Waals surface area contributed by atoms with Gasteiger partial charge in [-0.05, 0) is 48.7 Å². The molecule has 13 nitrogen and oxygen atoms in total. The second-order valence-corrected chi connectivity index (χ2v) is 10.6. The molecule has 4 atom stereocenters. The van der Waals surface area contributed by atoms with Crippen molar-refractivity contribution in [1.29, 1.82) is 0 Å². The standard InChI is InChI=1S/C29H26N2O11S/c1-30-25(34)26(35)31-23-17(24(33)29(31,43-4)28(30)37)14-40-10-9-20(23)42-27(36)16-6-8-18(38-2)22(12-16)41-19-7-5-15(13-32)11-21(19)39-3/h5-14,20,23-24,33H,1-4H3/t20-,23-,24+,29+/m0/s1. The highest BCUT2D eigenvalue weighted by atomic mass is 32.2. The van der Waals surface area contributed by atoms with Crippen molar-refractivity contribution >= 4 is 41.7 Å². The van der Waals surface area contributed by atoms with Crippen molar-refractivity contribution in [2.24, 2.45) is 0 Å². The number of aliphatic hydroxyl groups is 1. The lowest BCUT2D eigenvalue weighted by Crippen LogP contribution is -2.70. The number of aliphatic hydroxyl groups excluding tert-OH is 1. The fourth-order valence-electron chi connectivity index (χ4n) is 5.20. The zero-order valence-corrected chi connectivity index (χ0v) is 24.2. The number of ether oxygens (including phenoxy) is 5. The fourth-order valence-corrected chi connectivity index (χ4v) is 6.27. The molecule has 2 aromatic rings. The number of hydrogen-bond acceptors (Lipinski definition) is 12. The van der Waals surface area contributed by atoms with Gasteiger partial charge in [0.2, 0.25) is 0 Å². The third-order valence-electron chi connectivity index (χ3n) is 7.34. The van der Waals surface area contributed by atoms with Gasteiger partial charge in [0.25, 0.3) is 5.91 Å². The molecule has 0 spiro atoms. The van der Waals surface area contributed by atoms with E-state index in [-0.39, 0.29) is 34.1 Å². The Morgan fingerprint density at radius 3 is 2.42 bits per heavy atom. The number of carbonyl (C=O) groups is 5. The Hall–Kier alpha value is -4.82. The minimum atomic E-state index is -1.88. The third kappa shape index (κ3) is 4.68. The molecule has 2 fully saturated rings. The molecule has 0 saturated carbocycles. The second kappa shape index (κ2) is 11.5. The number of hydrogen-bond donors (Lipinski definition) is 1. The van der Waals surface area contributed by atoms with E-state index in [1.54, 1.807) is 0 Å².